The first-order valence-corrected chi connectivity index (χ1v) is 7.23. The fourth-order valence-electron chi connectivity index (χ4n) is 1.77. The van der Waals surface area contributed by atoms with Gasteiger partial charge in [0.05, 0.1) is 5.69 Å². The minimum absolute atomic E-state index is 0.0180. The Balaban J connectivity index is 2.67. The lowest BCUT2D eigenvalue weighted by atomic mass is 10.1. The first-order valence-electron chi connectivity index (χ1n) is 6.00. The maximum absolute atomic E-state index is 14.1. The highest BCUT2D eigenvalue weighted by atomic mass is 32.2. The molecule has 0 atom stereocenters. The summed E-state index contributed by atoms with van der Waals surface area (Å²) < 4.78 is 67.7. The molecule has 0 aliphatic carbocycles. The number of alkyl halides is 3. The third kappa shape index (κ3) is 3.48. The molecule has 2 aromatic rings. The highest BCUT2D eigenvalue weighted by molar-refractivity contribution is 7.98. The molecular weight excluding hydrogens is 357 g/mol. The van der Waals surface area contributed by atoms with Gasteiger partial charge in [0.2, 0.25) is 5.82 Å². The van der Waals surface area contributed by atoms with E-state index in [-0.39, 0.29) is 5.16 Å². The molecule has 0 saturated carbocycles. The van der Waals surface area contributed by atoms with Crippen LogP contribution >= 0.6 is 11.8 Å². The van der Waals surface area contributed by atoms with E-state index in [1.54, 1.807) is 0 Å². The van der Waals surface area contributed by atoms with E-state index in [0.29, 0.717) is 6.07 Å². The average Bonchev–Trinajstić information content (AvgIpc) is 2.50. The second kappa shape index (κ2) is 6.48. The summed E-state index contributed by atoms with van der Waals surface area (Å²) in [6, 6.07) is 2.77. The number of nitriles is 1. The van der Waals surface area contributed by atoms with Crippen LogP contribution in [-0.4, -0.2) is 22.6 Å². The molecule has 1 aromatic carbocycles. The quantitative estimate of drug-likeness (QED) is 0.515. The van der Waals surface area contributed by atoms with Crippen LogP contribution in [0.4, 0.5) is 22.0 Å². The molecular formula is C13H6F5N3O2S. The van der Waals surface area contributed by atoms with Crippen LogP contribution in [0.25, 0.3) is 11.3 Å². The van der Waals surface area contributed by atoms with Crippen LogP contribution in [0.3, 0.4) is 0 Å². The molecule has 1 N–H and O–H groups in total. The molecule has 1 aromatic heterocycles. The summed E-state index contributed by atoms with van der Waals surface area (Å²) in [7, 11) is 0. The molecule has 0 bridgehead atoms. The zero-order valence-electron chi connectivity index (χ0n) is 11.7. The Labute approximate surface area is 135 Å². The van der Waals surface area contributed by atoms with Crippen LogP contribution in [0.5, 0.6) is 5.75 Å². The third-order valence-electron chi connectivity index (χ3n) is 2.73. The summed E-state index contributed by atoms with van der Waals surface area (Å²) in [5.74, 6) is -5.02. The predicted molar refractivity (Wildman–Crippen MR) is 73.4 cm³/mol. The van der Waals surface area contributed by atoms with Crippen molar-refractivity contribution in [2.45, 2.75) is 11.5 Å². The van der Waals surface area contributed by atoms with Crippen molar-refractivity contribution >= 4 is 11.8 Å². The van der Waals surface area contributed by atoms with E-state index in [0.717, 1.165) is 17.8 Å². The third-order valence-corrected chi connectivity index (χ3v) is 3.31. The Morgan fingerprint density at radius 2 is 1.96 bits per heavy atom. The monoisotopic (exact) mass is 363 g/mol. The van der Waals surface area contributed by atoms with Crippen LogP contribution in [0.2, 0.25) is 0 Å². The topological polar surface area (TPSA) is 78.8 Å². The van der Waals surface area contributed by atoms with Crippen molar-refractivity contribution in [2.75, 3.05) is 6.26 Å². The fraction of sp³-hybridized carbons (Fsp3) is 0.154. The summed E-state index contributed by atoms with van der Waals surface area (Å²) in [5.41, 5.74) is -2.61. The lowest BCUT2D eigenvalue weighted by Gasteiger charge is -2.12. The van der Waals surface area contributed by atoms with Crippen molar-refractivity contribution in [3.8, 4) is 23.1 Å². The number of rotatable bonds is 3. The van der Waals surface area contributed by atoms with Crippen LogP contribution in [-0.2, 0) is 0 Å². The van der Waals surface area contributed by atoms with E-state index >= 15 is 0 Å². The summed E-state index contributed by atoms with van der Waals surface area (Å²) in [6.45, 7) is 0. The lowest BCUT2D eigenvalue weighted by Crippen LogP contribution is -2.19. The van der Waals surface area contributed by atoms with E-state index in [1.807, 2.05) is 0 Å². The van der Waals surface area contributed by atoms with E-state index in [9.17, 15) is 26.7 Å². The second-order valence-electron chi connectivity index (χ2n) is 4.20. The van der Waals surface area contributed by atoms with Gasteiger partial charge in [-0.05, 0) is 18.4 Å². The minimum atomic E-state index is -5.21. The van der Waals surface area contributed by atoms with Crippen LogP contribution in [0, 0.1) is 23.0 Å². The van der Waals surface area contributed by atoms with E-state index in [2.05, 4.69) is 14.7 Å². The molecule has 11 heteroatoms. The van der Waals surface area contributed by atoms with E-state index in [4.69, 9.17) is 5.26 Å². The highest BCUT2D eigenvalue weighted by Crippen LogP contribution is 2.32. The van der Waals surface area contributed by atoms with Crippen molar-refractivity contribution < 1.29 is 26.7 Å². The first-order chi connectivity index (χ1) is 11.2. The molecule has 0 fully saturated rings. The molecule has 0 amide bonds. The number of hydrogen-bond acceptors (Lipinski definition) is 5. The van der Waals surface area contributed by atoms with Gasteiger partial charge in [0, 0.05) is 5.56 Å². The molecule has 0 spiro atoms. The Hall–Kier alpha value is -2.61. The SMILES string of the molecule is CSc1nc(-c2ccc(OC(F)(F)F)c(F)c2F)c(C#N)c(=O)[nH]1. The van der Waals surface area contributed by atoms with Crippen molar-refractivity contribution in [1.82, 2.24) is 9.97 Å². The van der Waals surface area contributed by atoms with Crippen molar-refractivity contribution in [2.24, 2.45) is 0 Å². The van der Waals surface area contributed by atoms with Gasteiger partial charge in [0.1, 0.15) is 11.6 Å². The Kier molecular flexibility index (Phi) is 4.79. The molecule has 24 heavy (non-hydrogen) atoms. The normalized spacial score (nSPS) is 11.2. The number of H-pyrrole nitrogens is 1. The Morgan fingerprint density at radius 1 is 1.29 bits per heavy atom. The molecule has 0 unspecified atom stereocenters. The van der Waals surface area contributed by atoms with Gasteiger partial charge < -0.3 is 9.72 Å². The summed E-state index contributed by atoms with van der Waals surface area (Å²) in [4.78, 5) is 17.8. The van der Waals surface area contributed by atoms with Crippen molar-refractivity contribution in [3.05, 3.63) is 39.7 Å². The standard InChI is InChI=1S/C13H6F5N3O2S/c1-24-12-20-10(6(4-19)11(22)21-12)5-2-3-7(9(15)8(5)14)23-13(16,17)18/h2-3H,1H3,(H,20,21,22). The minimum Gasteiger partial charge on any atom is -0.403 e. The zero-order valence-corrected chi connectivity index (χ0v) is 12.5. The van der Waals surface area contributed by atoms with Gasteiger partial charge >= 0.3 is 6.36 Å². The molecule has 2 rings (SSSR count). The van der Waals surface area contributed by atoms with Gasteiger partial charge in [-0.15, -0.1) is 13.2 Å². The number of hydrogen-bond donors (Lipinski definition) is 1. The summed E-state index contributed by atoms with van der Waals surface area (Å²) >= 11 is 0.966. The first kappa shape index (κ1) is 17.7. The van der Waals surface area contributed by atoms with E-state index in [1.165, 1.54) is 12.3 Å². The van der Waals surface area contributed by atoms with Crippen LogP contribution < -0.4 is 10.3 Å². The molecule has 5 nitrogen and oxygen atoms in total. The van der Waals surface area contributed by atoms with Gasteiger partial charge in [-0.25, -0.2) is 9.37 Å². The maximum atomic E-state index is 14.1. The largest absolute Gasteiger partial charge is 0.573 e. The number of ether oxygens (including phenoxy) is 1. The molecule has 1 heterocycles. The smallest absolute Gasteiger partial charge is 0.403 e. The average molecular weight is 363 g/mol. The Bertz CT molecular complexity index is 889. The van der Waals surface area contributed by atoms with Gasteiger partial charge in [0.15, 0.2) is 16.7 Å². The number of halogens is 5. The van der Waals surface area contributed by atoms with E-state index < -0.39 is 46.1 Å². The molecule has 0 aliphatic heterocycles. The molecule has 0 radical (unpaired) electrons. The van der Waals surface area contributed by atoms with Gasteiger partial charge in [-0.3, -0.25) is 4.79 Å². The molecule has 0 saturated heterocycles. The summed E-state index contributed by atoms with van der Waals surface area (Å²) in [5, 5.41) is 9.00. The van der Waals surface area contributed by atoms with Gasteiger partial charge in [-0.1, -0.05) is 11.8 Å². The van der Waals surface area contributed by atoms with Crippen molar-refractivity contribution in [1.29, 1.82) is 5.26 Å². The van der Waals surface area contributed by atoms with Crippen LogP contribution in [0.1, 0.15) is 5.56 Å². The zero-order chi connectivity index (χ0) is 18.1. The predicted octanol–water partition coefficient (Wildman–Crippen LogP) is 3.21. The lowest BCUT2D eigenvalue weighted by molar-refractivity contribution is -0.275. The molecule has 126 valence electrons. The van der Waals surface area contributed by atoms with Gasteiger partial charge in [0.25, 0.3) is 5.56 Å². The second-order valence-corrected chi connectivity index (χ2v) is 4.99. The number of thioether (sulfide) groups is 1. The van der Waals surface area contributed by atoms with Crippen LogP contribution in [0.15, 0.2) is 22.1 Å². The number of aromatic nitrogens is 2. The number of nitrogens with zero attached hydrogens (tertiary/aromatic N) is 2. The number of nitrogens with one attached hydrogen (secondary N) is 1. The number of aromatic amines is 1. The number of benzene rings is 1. The van der Waals surface area contributed by atoms with Gasteiger partial charge in [-0.2, -0.15) is 9.65 Å². The molecule has 0 aliphatic rings. The van der Waals surface area contributed by atoms with Crippen molar-refractivity contribution in [3.63, 3.8) is 0 Å². The highest BCUT2D eigenvalue weighted by Gasteiger charge is 2.33. The maximum Gasteiger partial charge on any atom is 0.573 e. The Morgan fingerprint density at radius 3 is 2.50 bits per heavy atom. The fourth-order valence-corrected chi connectivity index (χ4v) is 2.14. The summed E-state index contributed by atoms with van der Waals surface area (Å²) in [6.07, 6.45) is -3.67.